The summed E-state index contributed by atoms with van der Waals surface area (Å²) >= 11 is 1.04. The monoisotopic (exact) mass is 349 g/mol. The molecule has 126 valence electrons. The minimum atomic E-state index is -1.20. The number of aliphatic carboxylic acids is 1. The third-order valence-electron chi connectivity index (χ3n) is 3.40. The first kappa shape index (κ1) is 17.7. The summed E-state index contributed by atoms with van der Waals surface area (Å²) in [4.78, 5) is 46.2. The number of carboxylic acid groups (broad SMARTS) is 1. The Kier molecular flexibility index (Phi) is 5.40. The molecule has 1 aliphatic carbocycles. The molecule has 7 nitrogen and oxygen atoms in total. The number of fused-ring (bicyclic) bond motifs is 1. The zero-order chi connectivity index (χ0) is 17.9. The van der Waals surface area contributed by atoms with Crippen LogP contribution in [0.25, 0.3) is 5.76 Å². The van der Waals surface area contributed by atoms with E-state index in [0.29, 0.717) is 0 Å². The molecule has 1 aromatic rings. The average molecular weight is 349 g/mol. The Morgan fingerprint density at radius 3 is 2.38 bits per heavy atom. The zero-order valence-corrected chi connectivity index (χ0v) is 13.6. The molecule has 0 spiro atoms. The number of carbonyl (C=O) groups is 4. The van der Waals surface area contributed by atoms with E-state index in [1.165, 1.54) is 19.1 Å². The number of hydrogen-bond acceptors (Lipinski definition) is 6. The van der Waals surface area contributed by atoms with E-state index in [1.807, 2.05) is 0 Å². The van der Waals surface area contributed by atoms with Gasteiger partial charge >= 0.3 is 5.97 Å². The van der Waals surface area contributed by atoms with Crippen LogP contribution in [0.1, 0.15) is 22.8 Å². The summed E-state index contributed by atoms with van der Waals surface area (Å²) in [6, 6.07) is 5.13. The Hall–Kier alpha value is -2.61. The molecule has 1 atom stereocenters. The van der Waals surface area contributed by atoms with Crippen LogP contribution in [0.2, 0.25) is 0 Å². The van der Waals surface area contributed by atoms with Gasteiger partial charge in [0.15, 0.2) is 0 Å². The molecule has 0 saturated carbocycles. The minimum Gasteiger partial charge on any atom is -0.507 e. The average Bonchev–Trinajstić information content (AvgIpc) is 2.54. The quantitative estimate of drug-likeness (QED) is 0.656. The van der Waals surface area contributed by atoms with Crippen LogP contribution in [0.15, 0.2) is 29.8 Å². The molecule has 1 aliphatic rings. The maximum atomic E-state index is 12.1. The maximum absolute atomic E-state index is 12.1. The van der Waals surface area contributed by atoms with E-state index in [2.05, 4.69) is 5.32 Å². The largest absolute Gasteiger partial charge is 0.507 e. The van der Waals surface area contributed by atoms with Crippen molar-refractivity contribution in [1.29, 1.82) is 0 Å². The lowest BCUT2D eigenvalue weighted by Gasteiger charge is -2.18. The number of benzene rings is 1. The van der Waals surface area contributed by atoms with Crippen LogP contribution < -0.4 is 5.32 Å². The second-order valence-electron chi connectivity index (χ2n) is 5.14. The molecular weight excluding hydrogens is 334 g/mol. The lowest BCUT2D eigenvalue weighted by Crippen LogP contribution is -2.41. The molecular formula is C16H15NO6S. The van der Waals surface area contributed by atoms with E-state index in [9.17, 15) is 24.3 Å². The molecule has 0 fully saturated rings. The van der Waals surface area contributed by atoms with E-state index < -0.39 is 29.5 Å². The minimum absolute atomic E-state index is 0.00515. The molecule has 0 heterocycles. The van der Waals surface area contributed by atoms with Crippen molar-refractivity contribution < 1.29 is 29.4 Å². The highest BCUT2D eigenvalue weighted by atomic mass is 32.2. The molecule has 0 aliphatic heterocycles. The van der Waals surface area contributed by atoms with Crippen molar-refractivity contribution in [1.82, 2.24) is 5.32 Å². The maximum Gasteiger partial charge on any atom is 0.327 e. The van der Waals surface area contributed by atoms with Gasteiger partial charge in [-0.2, -0.15) is 11.8 Å². The van der Waals surface area contributed by atoms with Gasteiger partial charge in [0.2, 0.25) is 17.5 Å². The third kappa shape index (κ3) is 3.65. The van der Waals surface area contributed by atoms with E-state index in [-0.39, 0.29) is 34.0 Å². The number of Topliss-reactive ketones (excluding diaryl/α,β-unsaturated/α-hetero) is 2. The van der Waals surface area contributed by atoms with Crippen LogP contribution in [0.5, 0.6) is 0 Å². The highest BCUT2D eigenvalue weighted by molar-refractivity contribution is 7.99. The van der Waals surface area contributed by atoms with Gasteiger partial charge in [-0.25, -0.2) is 4.79 Å². The lowest BCUT2D eigenvalue weighted by molar-refractivity contribution is -0.140. The van der Waals surface area contributed by atoms with Crippen LogP contribution >= 0.6 is 11.8 Å². The van der Waals surface area contributed by atoms with E-state index in [1.54, 1.807) is 12.1 Å². The molecule has 8 heteroatoms. The van der Waals surface area contributed by atoms with Crippen LogP contribution in [0, 0.1) is 0 Å². The number of carboxylic acids is 1. The van der Waals surface area contributed by atoms with E-state index in [4.69, 9.17) is 5.11 Å². The Morgan fingerprint density at radius 2 is 1.79 bits per heavy atom. The first-order valence-corrected chi connectivity index (χ1v) is 8.16. The number of hydrogen-bond donors (Lipinski definition) is 3. The number of aliphatic hydroxyl groups is 1. The normalized spacial score (nSPS) is 15.0. The van der Waals surface area contributed by atoms with Gasteiger partial charge in [0.1, 0.15) is 11.8 Å². The van der Waals surface area contributed by atoms with Crippen molar-refractivity contribution >= 4 is 41.0 Å². The number of carbonyl (C=O) groups excluding carboxylic acids is 3. The number of ketones is 2. The summed E-state index contributed by atoms with van der Waals surface area (Å²) in [5, 5.41) is 21.5. The first-order valence-electron chi connectivity index (χ1n) is 7.01. The fourth-order valence-corrected chi connectivity index (χ4v) is 3.30. The molecule has 24 heavy (non-hydrogen) atoms. The van der Waals surface area contributed by atoms with Gasteiger partial charge in [-0.1, -0.05) is 24.3 Å². The zero-order valence-electron chi connectivity index (χ0n) is 12.7. The van der Waals surface area contributed by atoms with Crippen molar-refractivity contribution in [3.63, 3.8) is 0 Å². The SMILES string of the molecule is CC(=O)N[C@@H](CSCC1=C(O)c2ccccc2C(=O)C1=O)C(=O)O. The summed E-state index contributed by atoms with van der Waals surface area (Å²) in [5.74, 6) is -3.49. The van der Waals surface area contributed by atoms with Crippen LogP contribution in [0.4, 0.5) is 0 Å². The number of rotatable bonds is 6. The van der Waals surface area contributed by atoms with Crippen molar-refractivity contribution in [3.8, 4) is 0 Å². The molecule has 0 bridgehead atoms. The summed E-state index contributed by atoms with van der Waals surface area (Å²) in [6.45, 7) is 1.20. The third-order valence-corrected chi connectivity index (χ3v) is 4.46. The summed E-state index contributed by atoms with van der Waals surface area (Å²) in [7, 11) is 0. The van der Waals surface area contributed by atoms with E-state index >= 15 is 0 Å². The molecule has 2 rings (SSSR count). The molecule has 3 N–H and O–H groups in total. The van der Waals surface area contributed by atoms with Gasteiger partial charge < -0.3 is 15.5 Å². The summed E-state index contributed by atoms with van der Waals surface area (Å²) in [6.07, 6.45) is 0. The second kappa shape index (κ2) is 7.31. The number of thioether (sulfide) groups is 1. The van der Waals surface area contributed by atoms with Gasteiger partial charge in [0.25, 0.3) is 0 Å². The predicted octanol–water partition coefficient (Wildman–Crippen LogP) is 1.04. The first-order chi connectivity index (χ1) is 11.3. The standard InChI is InChI=1S/C16H15NO6S/c1-8(18)17-12(16(22)23)7-24-6-11-13(19)9-4-2-3-5-10(9)14(20)15(11)21/h2-5,12,19H,6-7H2,1H3,(H,17,18)(H,22,23)/t12-/m0/s1. The van der Waals surface area contributed by atoms with Gasteiger partial charge in [0, 0.05) is 29.6 Å². The second-order valence-corrected chi connectivity index (χ2v) is 6.17. The molecule has 1 aromatic carbocycles. The van der Waals surface area contributed by atoms with Crippen molar-refractivity contribution in [2.24, 2.45) is 0 Å². The van der Waals surface area contributed by atoms with Gasteiger partial charge in [-0.15, -0.1) is 0 Å². The van der Waals surface area contributed by atoms with Crippen LogP contribution in [0.3, 0.4) is 0 Å². The summed E-state index contributed by atoms with van der Waals surface area (Å²) < 4.78 is 0. The van der Waals surface area contributed by atoms with Gasteiger partial charge in [-0.05, 0) is 0 Å². The topological polar surface area (TPSA) is 121 Å². The van der Waals surface area contributed by atoms with Crippen LogP contribution in [-0.4, -0.2) is 51.2 Å². The lowest BCUT2D eigenvalue weighted by atomic mass is 9.89. The highest BCUT2D eigenvalue weighted by Crippen LogP contribution is 2.29. The number of nitrogens with one attached hydrogen (secondary N) is 1. The highest BCUT2D eigenvalue weighted by Gasteiger charge is 2.32. The van der Waals surface area contributed by atoms with Gasteiger partial charge in [-0.3, -0.25) is 14.4 Å². The fourth-order valence-electron chi connectivity index (χ4n) is 2.25. The fraction of sp³-hybridized carbons (Fsp3) is 0.250. The predicted molar refractivity (Wildman–Crippen MR) is 87.9 cm³/mol. The molecule has 0 radical (unpaired) electrons. The van der Waals surface area contributed by atoms with Gasteiger partial charge in [0.05, 0.1) is 5.57 Å². The molecule has 1 amide bonds. The Labute approximate surface area is 141 Å². The van der Waals surface area contributed by atoms with E-state index in [0.717, 1.165) is 11.8 Å². The molecule has 0 saturated heterocycles. The Bertz CT molecular complexity index is 755. The smallest absolute Gasteiger partial charge is 0.327 e. The number of aliphatic hydroxyl groups excluding tert-OH is 1. The number of amides is 1. The van der Waals surface area contributed by atoms with Crippen molar-refractivity contribution in [2.45, 2.75) is 13.0 Å². The van der Waals surface area contributed by atoms with Crippen LogP contribution in [-0.2, 0) is 14.4 Å². The molecule has 0 aromatic heterocycles. The van der Waals surface area contributed by atoms with Crippen molar-refractivity contribution in [2.75, 3.05) is 11.5 Å². The summed E-state index contributed by atoms with van der Waals surface area (Å²) in [5.41, 5.74) is 0.375. The van der Waals surface area contributed by atoms with Crippen molar-refractivity contribution in [3.05, 3.63) is 41.0 Å². The molecule has 0 unspecified atom stereocenters. The Balaban J connectivity index is 2.14. The Morgan fingerprint density at radius 1 is 1.17 bits per heavy atom.